The maximum Gasteiger partial charge on any atom is 0.243 e. The first-order valence-corrected chi connectivity index (χ1v) is 7.62. The Morgan fingerprint density at radius 3 is 2.50 bits per heavy atom. The molecule has 2 aromatic carbocycles. The van der Waals surface area contributed by atoms with E-state index in [1.165, 1.54) is 0 Å². The van der Waals surface area contributed by atoms with Gasteiger partial charge in [0.25, 0.3) is 0 Å². The van der Waals surface area contributed by atoms with Crippen molar-refractivity contribution in [3.05, 3.63) is 56.1 Å². The van der Waals surface area contributed by atoms with Gasteiger partial charge < -0.3 is 10.6 Å². The van der Waals surface area contributed by atoms with Crippen LogP contribution in [0.2, 0.25) is 10.0 Å². The molecule has 0 bridgehead atoms. The van der Waals surface area contributed by atoms with Gasteiger partial charge in [0.15, 0.2) is 0 Å². The number of hydrogen-bond donors (Lipinski definition) is 2. The Balaban J connectivity index is 1.92. The monoisotopic (exact) mass is 420 g/mol. The molecule has 0 aliphatic heterocycles. The fraction of sp³-hybridized carbons (Fsp3) is 0.0714. The second-order valence-electron chi connectivity index (χ2n) is 4.03. The topological polar surface area (TPSA) is 41.1 Å². The Hall–Kier alpha value is -0.980. The number of benzene rings is 2. The molecule has 2 N–H and O–H groups in total. The Morgan fingerprint density at radius 1 is 1.10 bits per heavy atom. The van der Waals surface area contributed by atoms with Crippen LogP contribution in [-0.4, -0.2) is 12.5 Å². The zero-order chi connectivity index (χ0) is 14.5. The number of anilines is 2. The lowest BCUT2D eigenvalue weighted by atomic mass is 10.3. The summed E-state index contributed by atoms with van der Waals surface area (Å²) in [6, 6.07) is 12.6. The highest BCUT2D eigenvalue weighted by atomic mass is 127. The van der Waals surface area contributed by atoms with Crippen molar-refractivity contribution in [1.29, 1.82) is 0 Å². The smallest absolute Gasteiger partial charge is 0.243 e. The molecule has 0 fully saturated rings. The van der Waals surface area contributed by atoms with Crippen LogP contribution in [0.3, 0.4) is 0 Å². The van der Waals surface area contributed by atoms with Gasteiger partial charge in [0.2, 0.25) is 5.91 Å². The van der Waals surface area contributed by atoms with E-state index in [0.29, 0.717) is 15.7 Å². The average Bonchev–Trinajstić information content (AvgIpc) is 2.42. The largest absolute Gasteiger partial charge is 0.375 e. The maximum atomic E-state index is 11.8. The van der Waals surface area contributed by atoms with E-state index in [2.05, 4.69) is 33.2 Å². The minimum atomic E-state index is -0.151. The summed E-state index contributed by atoms with van der Waals surface area (Å²) in [5, 5.41) is 6.84. The van der Waals surface area contributed by atoms with Gasteiger partial charge in [-0.05, 0) is 65.1 Å². The van der Waals surface area contributed by atoms with Crippen LogP contribution in [0.4, 0.5) is 11.4 Å². The summed E-state index contributed by atoms with van der Waals surface area (Å²) in [7, 11) is 0. The predicted octanol–water partition coefficient (Wildman–Crippen LogP) is 4.65. The Labute approximate surface area is 140 Å². The number of rotatable bonds is 4. The fourth-order valence-electron chi connectivity index (χ4n) is 1.55. The van der Waals surface area contributed by atoms with Crippen LogP contribution in [0.1, 0.15) is 0 Å². The van der Waals surface area contributed by atoms with E-state index in [4.69, 9.17) is 23.2 Å². The maximum absolute atomic E-state index is 11.8. The summed E-state index contributed by atoms with van der Waals surface area (Å²) < 4.78 is 1.12. The molecule has 0 heterocycles. The molecule has 2 rings (SSSR count). The highest BCUT2D eigenvalue weighted by Crippen LogP contribution is 2.25. The van der Waals surface area contributed by atoms with Gasteiger partial charge >= 0.3 is 0 Å². The van der Waals surface area contributed by atoms with Gasteiger partial charge in [-0.15, -0.1) is 0 Å². The molecule has 0 saturated heterocycles. The van der Waals surface area contributed by atoms with Gasteiger partial charge in [-0.2, -0.15) is 0 Å². The van der Waals surface area contributed by atoms with Crippen LogP contribution < -0.4 is 10.6 Å². The van der Waals surface area contributed by atoms with Crippen molar-refractivity contribution in [3.8, 4) is 0 Å². The molecular weight excluding hydrogens is 410 g/mol. The lowest BCUT2D eigenvalue weighted by Gasteiger charge is -2.09. The molecule has 3 nitrogen and oxygen atoms in total. The highest BCUT2D eigenvalue weighted by Gasteiger charge is 2.05. The summed E-state index contributed by atoms with van der Waals surface area (Å²) in [5.41, 5.74) is 1.39. The quantitative estimate of drug-likeness (QED) is 0.707. The molecule has 0 aliphatic carbocycles. The van der Waals surface area contributed by atoms with Crippen molar-refractivity contribution in [2.75, 3.05) is 17.2 Å². The van der Waals surface area contributed by atoms with Crippen molar-refractivity contribution >= 4 is 63.1 Å². The third kappa shape index (κ3) is 4.54. The van der Waals surface area contributed by atoms with Crippen molar-refractivity contribution in [2.45, 2.75) is 0 Å². The molecule has 0 spiro atoms. The van der Waals surface area contributed by atoms with E-state index < -0.39 is 0 Å². The van der Waals surface area contributed by atoms with Crippen molar-refractivity contribution in [1.82, 2.24) is 0 Å². The number of hydrogen-bond acceptors (Lipinski definition) is 2. The van der Waals surface area contributed by atoms with Gasteiger partial charge in [0.05, 0.1) is 17.3 Å². The molecule has 0 atom stereocenters. The number of carbonyl (C=O) groups is 1. The Bertz CT molecular complexity index is 617. The SMILES string of the molecule is O=C(CNc1cc(Cl)ccc1Cl)Nc1ccc(I)cc1. The summed E-state index contributed by atoms with van der Waals surface area (Å²) in [5.74, 6) is -0.151. The Kier molecular flexibility index (Phi) is 5.51. The fourth-order valence-corrected chi connectivity index (χ4v) is 2.26. The Morgan fingerprint density at radius 2 is 1.80 bits per heavy atom. The van der Waals surface area contributed by atoms with E-state index in [9.17, 15) is 4.79 Å². The van der Waals surface area contributed by atoms with Crippen LogP contribution in [0.5, 0.6) is 0 Å². The van der Waals surface area contributed by atoms with Crippen molar-refractivity contribution in [3.63, 3.8) is 0 Å². The lowest BCUT2D eigenvalue weighted by molar-refractivity contribution is -0.114. The zero-order valence-corrected chi connectivity index (χ0v) is 14.0. The third-order valence-corrected chi connectivity index (χ3v) is 3.78. The standard InChI is InChI=1S/C14H11Cl2IN2O/c15-9-1-6-12(16)13(7-9)18-8-14(20)19-11-4-2-10(17)3-5-11/h1-7,18H,8H2,(H,19,20). The van der Waals surface area contributed by atoms with Crippen LogP contribution >= 0.6 is 45.8 Å². The zero-order valence-electron chi connectivity index (χ0n) is 10.3. The van der Waals surface area contributed by atoms with Crippen molar-refractivity contribution < 1.29 is 4.79 Å². The van der Waals surface area contributed by atoms with Gasteiger partial charge in [-0.1, -0.05) is 23.2 Å². The van der Waals surface area contributed by atoms with Crippen LogP contribution in [0, 0.1) is 3.57 Å². The number of carbonyl (C=O) groups excluding carboxylic acids is 1. The minimum Gasteiger partial charge on any atom is -0.375 e. The van der Waals surface area contributed by atoms with Gasteiger partial charge in [-0.25, -0.2) is 0 Å². The van der Waals surface area contributed by atoms with E-state index in [0.717, 1.165) is 9.26 Å². The summed E-state index contributed by atoms with van der Waals surface area (Å²) in [4.78, 5) is 11.8. The molecule has 104 valence electrons. The van der Waals surface area contributed by atoms with E-state index >= 15 is 0 Å². The second kappa shape index (κ2) is 7.15. The van der Waals surface area contributed by atoms with E-state index in [1.54, 1.807) is 18.2 Å². The molecule has 0 unspecified atom stereocenters. The molecule has 20 heavy (non-hydrogen) atoms. The van der Waals surface area contributed by atoms with Gasteiger partial charge in [0.1, 0.15) is 0 Å². The number of amides is 1. The molecule has 0 saturated carbocycles. The first-order valence-electron chi connectivity index (χ1n) is 5.79. The predicted molar refractivity (Wildman–Crippen MR) is 92.7 cm³/mol. The normalized spacial score (nSPS) is 10.2. The molecular formula is C14H11Cl2IN2O. The minimum absolute atomic E-state index is 0.117. The van der Waals surface area contributed by atoms with E-state index in [1.807, 2.05) is 24.3 Å². The first kappa shape index (κ1) is 15.4. The molecule has 2 aromatic rings. The van der Waals surface area contributed by atoms with Crippen molar-refractivity contribution in [2.24, 2.45) is 0 Å². The number of halogens is 3. The molecule has 0 aromatic heterocycles. The second-order valence-corrected chi connectivity index (χ2v) is 6.12. The van der Waals surface area contributed by atoms with Gasteiger partial charge in [0, 0.05) is 14.3 Å². The van der Waals surface area contributed by atoms with Crippen LogP contribution in [0.25, 0.3) is 0 Å². The molecule has 6 heteroatoms. The number of nitrogens with one attached hydrogen (secondary N) is 2. The summed E-state index contributed by atoms with van der Waals surface area (Å²) in [6.45, 7) is 0.117. The van der Waals surface area contributed by atoms with Crippen LogP contribution in [-0.2, 0) is 4.79 Å². The summed E-state index contributed by atoms with van der Waals surface area (Å²) >= 11 is 14.1. The van der Waals surface area contributed by atoms with Gasteiger partial charge in [-0.3, -0.25) is 4.79 Å². The van der Waals surface area contributed by atoms with Crippen LogP contribution in [0.15, 0.2) is 42.5 Å². The molecule has 0 radical (unpaired) electrons. The lowest BCUT2D eigenvalue weighted by Crippen LogP contribution is -2.21. The highest BCUT2D eigenvalue weighted by molar-refractivity contribution is 14.1. The average molecular weight is 421 g/mol. The van der Waals surface area contributed by atoms with E-state index in [-0.39, 0.29) is 12.5 Å². The summed E-state index contributed by atoms with van der Waals surface area (Å²) in [6.07, 6.45) is 0. The molecule has 1 amide bonds. The first-order chi connectivity index (χ1) is 9.54. The molecule has 0 aliphatic rings. The third-order valence-electron chi connectivity index (χ3n) is 2.50.